The lowest BCUT2D eigenvalue weighted by Crippen LogP contribution is -1.92. The van der Waals surface area contributed by atoms with E-state index in [0.717, 1.165) is 5.75 Å². The molecule has 1 aromatic rings. The average Bonchev–Trinajstić information content (AvgIpc) is 2.05. The highest BCUT2D eigenvalue weighted by Crippen LogP contribution is 2.31. The van der Waals surface area contributed by atoms with E-state index in [1.165, 1.54) is 21.6 Å². The molecule has 12 heavy (non-hydrogen) atoms. The van der Waals surface area contributed by atoms with Gasteiger partial charge in [0.1, 0.15) is 0 Å². The quantitative estimate of drug-likeness (QED) is 0.583. The molecule has 1 aliphatic heterocycles. The summed E-state index contributed by atoms with van der Waals surface area (Å²) in [4.78, 5) is 1.43. The van der Waals surface area contributed by atoms with Crippen LogP contribution in [0.15, 0.2) is 28.7 Å². The van der Waals surface area contributed by atoms with Crippen LogP contribution in [0.5, 0.6) is 0 Å². The Morgan fingerprint density at radius 2 is 2.08 bits per heavy atom. The number of hydrogen-bond donors (Lipinski definition) is 0. The number of benzene rings is 1. The Morgan fingerprint density at radius 3 is 2.92 bits per heavy atom. The van der Waals surface area contributed by atoms with E-state index in [4.69, 9.17) is 0 Å². The molecule has 0 amide bonds. The molecule has 1 aliphatic rings. The van der Waals surface area contributed by atoms with Crippen LogP contribution in [0.25, 0.3) is 6.08 Å². The molecule has 1 heterocycles. The van der Waals surface area contributed by atoms with E-state index in [9.17, 15) is 0 Å². The molecule has 0 aromatic heterocycles. The molecule has 2 rings (SSSR count). The Labute approximate surface area is 77.7 Å². The third kappa shape index (κ3) is 1.42. The minimum Gasteiger partial charge on any atom is -0.121 e. The van der Waals surface area contributed by atoms with Gasteiger partial charge in [-0.25, -0.2) is 0 Å². The second-order valence-corrected chi connectivity index (χ2v) is 4.34. The first kappa shape index (κ1) is 7.93. The van der Waals surface area contributed by atoms with Gasteiger partial charge >= 0.3 is 0 Å². The van der Waals surface area contributed by atoms with E-state index < -0.39 is 0 Å². The van der Waals surface area contributed by atoms with Gasteiger partial charge in [-0.2, -0.15) is 0 Å². The lowest BCUT2D eigenvalue weighted by molar-refractivity contribution is 1.30. The summed E-state index contributed by atoms with van der Waals surface area (Å²) in [5.41, 5.74) is 4.21. The number of aryl methyl sites for hydroxylation is 1. The fraction of sp³-hybridized carbons (Fsp3) is 0.273. The SMILES string of the molecule is CC1=Cc2ccc(C)cc2SC1. The summed E-state index contributed by atoms with van der Waals surface area (Å²) in [6, 6.07) is 6.65. The van der Waals surface area contributed by atoms with Gasteiger partial charge in [0.2, 0.25) is 0 Å². The average molecular weight is 176 g/mol. The Bertz CT molecular complexity index is 337. The van der Waals surface area contributed by atoms with Crippen LogP contribution in [0.3, 0.4) is 0 Å². The maximum Gasteiger partial charge on any atom is 0.0191 e. The van der Waals surface area contributed by atoms with Crippen LogP contribution in [0, 0.1) is 6.92 Å². The van der Waals surface area contributed by atoms with Crippen LogP contribution >= 0.6 is 11.8 Å². The van der Waals surface area contributed by atoms with Gasteiger partial charge in [0.05, 0.1) is 0 Å². The smallest absolute Gasteiger partial charge is 0.0191 e. The summed E-state index contributed by atoms with van der Waals surface area (Å²) in [5, 5.41) is 0. The zero-order valence-corrected chi connectivity index (χ0v) is 8.24. The van der Waals surface area contributed by atoms with E-state index in [1.54, 1.807) is 0 Å². The van der Waals surface area contributed by atoms with Crippen LogP contribution in [0.4, 0.5) is 0 Å². The molecular formula is C11H12S. The number of thioether (sulfide) groups is 1. The Morgan fingerprint density at radius 1 is 1.25 bits per heavy atom. The fourth-order valence-electron chi connectivity index (χ4n) is 1.38. The fourth-order valence-corrected chi connectivity index (χ4v) is 2.41. The van der Waals surface area contributed by atoms with E-state index in [1.807, 2.05) is 11.8 Å². The van der Waals surface area contributed by atoms with Crippen LogP contribution in [0.1, 0.15) is 18.1 Å². The highest BCUT2D eigenvalue weighted by molar-refractivity contribution is 7.99. The van der Waals surface area contributed by atoms with E-state index >= 15 is 0 Å². The zero-order valence-electron chi connectivity index (χ0n) is 7.42. The van der Waals surface area contributed by atoms with Crippen molar-refractivity contribution in [2.45, 2.75) is 18.7 Å². The molecule has 0 saturated carbocycles. The van der Waals surface area contributed by atoms with E-state index in [-0.39, 0.29) is 0 Å². The minimum absolute atomic E-state index is 1.15. The van der Waals surface area contributed by atoms with E-state index in [2.05, 4.69) is 38.1 Å². The Kier molecular flexibility index (Phi) is 1.97. The Balaban J connectivity index is 2.51. The Hall–Kier alpha value is -0.690. The van der Waals surface area contributed by atoms with Crippen molar-refractivity contribution >= 4 is 17.8 Å². The molecule has 0 nitrogen and oxygen atoms in total. The van der Waals surface area contributed by atoms with Crippen LogP contribution < -0.4 is 0 Å². The molecule has 0 aliphatic carbocycles. The van der Waals surface area contributed by atoms with Crippen molar-refractivity contribution in [2.24, 2.45) is 0 Å². The molecule has 0 saturated heterocycles. The van der Waals surface area contributed by atoms with Gasteiger partial charge in [-0.1, -0.05) is 23.8 Å². The molecule has 1 heteroatoms. The first-order valence-corrected chi connectivity index (χ1v) is 5.15. The molecule has 62 valence electrons. The predicted molar refractivity (Wildman–Crippen MR) is 55.6 cm³/mol. The van der Waals surface area contributed by atoms with Gasteiger partial charge in [-0.05, 0) is 31.0 Å². The molecule has 0 radical (unpaired) electrons. The summed E-state index contributed by atoms with van der Waals surface area (Å²) in [6.07, 6.45) is 2.28. The van der Waals surface area contributed by atoms with Crippen molar-refractivity contribution in [2.75, 3.05) is 5.75 Å². The van der Waals surface area contributed by atoms with Gasteiger partial charge in [0, 0.05) is 10.6 Å². The van der Waals surface area contributed by atoms with Crippen LogP contribution in [0.2, 0.25) is 0 Å². The predicted octanol–water partition coefficient (Wildman–Crippen LogP) is 3.50. The van der Waals surface area contributed by atoms with Gasteiger partial charge in [-0.15, -0.1) is 11.8 Å². The maximum absolute atomic E-state index is 2.28. The third-order valence-electron chi connectivity index (χ3n) is 2.03. The van der Waals surface area contributed by atoms with Gasteiger partial charge in [-0.3, -0.25) is 0 Å². The van der Waals surface area contributed by atoms with Crippen LogP contribution in [-0.4, -0.2) is 5.75 Å². The van der Waals surface area contributed by atoms with Crippen molar-refractivity contribution in [1.29, 1.82) is 0 Å². The molecule has 0 unspecified atom stereocenters. The van der Waals surface area contributed by atoms with Gasteiger partial charge < -0.3 is 0 Å². The second-order valence-electron chi connectivity index (χ2n) is 3.32. The molecule has 0 bridgehead atoms. The summed E-state index contributed by atoms with van der Waals surface area (Å²) in [5.74, 6) is 1.15. The van der Waals surface area contributed by atoms with Crippen LogP contribution in [-0.2, 0) is 0 Å². The maximum atomic E-state index is 2.28. The monoisotopic (exact) mass is 176 g/mol. The molecule has 1 aromatic carbocycles. The standard InChI is InChI=1S/C11H12S/c1-8-3-4-10-5-9(2)7-12-11(10)6-8/h3-6H,7H2,1-2H3. The van der Waals surface area contributed by atoms with E-state index in [0.29, 0.717) is 0 Å². The van der Waals surface area contributed by atoms with Gasteiger partial charge in [0.25, 0.3) is 0 Å². The lowest BCUT2D eigenvalue weighted by Gasteiger charge is -2.13. The molecular weight excluding hydrogens is 164 g/mol. The third-order valence-corrected chi connectivity index (χ3v) is 3.29. The molecule has 0 N–H and O–H groups in total. The second kappa shape index (κ2) is 2.98. The summed E-state index contributed by atoms with van der Waals surface area (Å²) < 4.78 is 0. The van der Waals surface area contributed by atoms with Crippen molar-refractivity contribution in [1.82, 2.24) is 0 Å². The first-order valence-electron chi connectivity index (χ1n) is 4.16. The highest BCUT2D eigenvalue weighted by atomic mass is 32.2. The first-order chi connectivity index (χ1) is 5.75. The van der Waals surface area contributed by atoms with Crippen molar-refractivity contribution in [3.8, 4) is 0 Å². The van der Waals surface area contributed by atoms with Crippen molar-refractivity contribution in [3.05, 3.63) is 34.9 Å². The minimum atomic E-state index is 1.15. The normalized spacial score (nSPS) is 15.3. The number of rotatable bonds is 0. The molecule has 0 fully saturated rings. The van der Waals surface area contributed by atoms with Gasteiger partial charge in [0.15, 0.2) is 0 Å². The lowest BCUT2D eigenvalue weighted by atomic mass is 10.1. The summed E-state index contributed by atoms with van der Waals surface area (Å²) >= 11 is 1.94. The van der Waals surface area contributed by atoms with Crippen molar-refractivity contribution in [3.63, 3.8) is 0 Å². The summed E-state index contributed by atoms with van der Waals surface area (Å²) in [7, 11) is 0. The number of hydrogen-bond acceptors (Lipinski definition) is 1. The van der Waals surface area contributed by atoms with Crippen molar-refractivity contribution < 1.29 is 0 Å². The molecule has 0 atom stereocenters. The zero-order chi connectivity index (χ0) is 8.55. The summed E-state index contributed by atoms with van der Waals surface area (Å²) in [6.45, 7) is 4.34. The largest absolute Gasteiger partial charge is 0.121 e. The molecule has 0 spiro atoms. The number of fused-ring (bicyclic) bond motifs is 1. The highest BCUT2D eigenvalue weighted by Gasteiger charge is 2.07. The topological polar surface area (TPSA) is 0 Å².